The Morgan fingerprint density at radius 3 is 2.60 bits per heavy atom. The lowest BCUT2D eigenvalue weighted by atomic mass is 10.2. The largest absolute Gasteiger partial charge is 0.472 e. The molecular formula is C9H9F3N2O. The standard InChI is InChI=1S/C9H9F3N2O/c10-9(11,12)7-2-1-3-8(14-7)15-6-4-13-5-6/h1-3,6,13H,4-5H2. The van der Waals surface area contributed by atoms with Crippen LogP contribution in [-0.2, 0) is 6.18 Å². The molecule has 0 radical (unpaired) electrons. The number of ether oxygens (including phenoxy) is 1. The summed E-state index contributed by atoms with van der Waals surface area (Å²) in [6.45, 7) is 1.30. The van der Waals surface area contributed by atoms with Gasteiger partial charge >= 0.3 is 6.18 Å². The second-order valence-electron chi connectivity index (χ2n) is 3.26. The predicted octanol–water partition coefficient (Wildman–Crippen LogP) is 1.45. The Bertz CT molecular complexity index is 349. The highest BCUT2D eigenvalue weighted by atomic mass is 19.4. The maximum absolute atomic E-state index is 12.3. The summed E-state index contributed by atoms with van der Waals surface area (Å²) >= 11 is 0. The highest BCUT2D eigenvalue weighted by Crippen LogP contribution is 2.28. The monoisotopic (exact) mass is 218 g/mol. The second kappa shape index (κ2) is 3.69. The lowest BCUT2D eigenvalue weighted by molar-refractivity contribution is -0.141. The molecule has 0 atom stereocenters. The Kier molecular flexibility index (Phi) is 2.52. The molecule has 1 saturated heterocycles. The SMILES string of the molecule is FC(F)(F)c1cccc(OC2CNC2)n1. The zero-order valence-corrected chi connectivity index (χ0v) is 7.71. The average molecular weight is 218 g/mol. The molecule has 1 aromatic rings. The molecule has 82 valence electrons. The van der Waals surface area contributed by atoms with Crippen LogP contribution in [0.4, 0.5) is 13.2 Å². The lowest BCUT2D eigenvalue weighted by Gasteiger charge is -2.27. The van der Waals surface area contributed by atoms with Crippen LogP contribution in [0.2, 0.25) is 0 Å². The van der Waals surface area contributed by atoms with Gasteiger partial charge in [-0.1, -0.05) is 6.07 Å². The van der Waals surface area contributed by atoms with Crippen molar-refractivity contribution in [3.63, 3.8) is 0 Å². The molecule has 2 heterocycles. The molecule has 1 N–H and O–H groups in total. The van der Waals surface area contributed by atoms with Crippen LogP contribution in [0.25, 0.3) is 0 Å². The van der Waals surface area contributed by atoms with Gasteiger partial charge in [0.05, 0.1) is 0 Å². The van der Waals surface area contributed by atoms with Gasteiger partial charge in [0.25, 0.3) is 0 Å². The molecule has 2 rings (SSSR count). The molecule has 0 aliphatic carbocycles. The van der Waals surface area contributed by atoms with Crippen LogP contribution in [0, 0.1) is 0 Å². The first-order valence-electron chi connectivity index (χ1n) is 4.47. The maximum atomic E-state index is 12.3. The fourth-order valence-corrected chi connectivity index (χ4v) is 1.15. The van der Waals surface area contributed by atoms with Crippen molar-refractivity contribution in [2.75, 3.05) is 13.1 Å². The first kappa shape index (κ1) is 10.2. The van der Waals surface area contributed by atoms with E-state index in [0.29, 0.717) is 13.1 Å². The van der Waals surface area contributed by atoms with Crippen LogP contribution < -0.4 is 10.1 Å². The molecule has 0 aromatic carbocycles. The van der Waals surface area contributed by atoms with Crippen molar-refractivity contribution in [3.8, 4) is 5.88 Å². The van der Waals surface area contributed by atoms with Gasteiger partial charge < -0.3 is 10.1 Å². The molecule has 0 saturated carbocycles. The lowest BCUT2D eigenvalue weighted by Crippen LogP contribution is -2.50. The highest BCUT2D eigenvalue weighted by molar-refractivity contribution is 5.18. The van der Waals surface area contributed by atoms with Crippen LogP contribution in [-0.4, -0.2) is 24.2 Å². The van der Waals surface area contributed by atoms with Gasteiger partial charge in [0.15, 0.2) is 0 Å². The van der Waals surface area contributed by atoms with Crippen LogP contribution in [0.5, 0.6) is 5.88 Å². The molecule has 1 aromatic heterocycles. The van der Waals surface area contributed by atoms with Gasteiger partial charge in [0.1, 0.15) is 11.8 Å². The van der Waals surface area contributed by atoms with Crippen molar-refractivity contribution < 1.29 is 17.9 Å². The highest BCUT2D eigenvalue weighted by Gasteiger charge is 2.33. The number of hydrogen-bond donors (Lipinski definition) is 1. The van der Waals surface area contributed by atoms with E-state index in [1.807, 2.05) is 0 Å². The van der Waals surface area contributed by atoms with Crippen molar-refractivity contribution >= 4 is 0 Å². The zero-order valence-electron chi connectivity index (χ0n) is 7.71. The van der Waals surface area contributed by atoms with Crippen molar-refractivity contribution in [2.24, 2.45) is 0 Å². The van der Waals surface area contributed by atoms with E-state index in [4.69, 9.17) is 4.74 Å². The third-order valence-corrected chi connectivity index (χ3v) is 2.05. The van der Waals surface area contributed by atoms with Crippen molar-refractivity contribution in [3.05, 3.63) is 23.9 Å². The number of halogens is 3. The van der Waals surface area contributed by atoms with Crippen LogP contribution in [0.15, 0.2) is 18.2 Å². The van der Waals surface area contributed by atoms with Crippen LogP contribution in [0.1, 0.15) is 5.69 Å². The fourth-order valence-electron chi connectivity index (χ4n) is 1.15. The average Bonchev–Trinajstić information content (AvgIpc) is 2.11. The number of alkyl halides is 3. The predicted molar refractivity (Wildman–Crippen MR) is 46.5 cm³/mol. The third-order valence-electron chi connectivity index (χ3n) is 2.05. The molecule has 3 nitrogen and oxygen atoms in total. The minimum absolute atomic E-state index is 0.0244. The molecule has 1 aliphatic rings. The first-order valence-corrected chi connectivity index (χ1v) is 4.47. The van der Waals surface area contributed by atoms with Gasteiger partial charge in [-0.15, -0.1) is 0 Å². The Morgan fingerprint density at radius 2 is 2.07 bits per heavy atom. The van der Waals surface area contributed by atoms with Crippen molar-refractivity contribution in [2.45, 2.75) is 12.3 Å². The zero-order chi connectivity index (χ0) is 10.9. The van der Waals surface area contributed by atoms with Gasteiger partial charge in [0.2, 0.25) is 5.88 Å². The smallest absolute Gasteiger partial charge is 0.433 e. The fraction of sp³-hybridized carbons (Fsp3) is 0.444. The number of aromatic nitrogens is 1. The van der Waals surface area contributed by atoms with Crippen LogP contribution >= 0.6 is 0 Å². The maximum Gasteiger partial charge on any atom is 0.433 e. The molecule has 0 spiro atoms. The molecule has 15 heavy (non-hydrogen) atoms. The van der Waals surface area contributed by atoms with E-state index in [1.165, 1.54) is 12.1 Å². The molecule has 0 amide bonds. The number of pyridine rings is 1. The van der Waals surface area contributed by atoms with E-state index in [1.54, 1.807) is 0 Å². The molecule has 1 fully saturated rings. The summed E-state index contributed by atoms with van der Waals surface area (Å²) in [4.78, 5) is 3.39. The number of rotatable bonds is 2. The molecule has 6 heteroatoms. The Labute approximate surface area is 84.3 Å². The number of nitrogens with zero attached hydrogens (tertiary/aromatic N) is 1. The van der Waals surface area contributed by atoms with Gasteiger partial charge in [-0.2, -0.15) is 13.2 Å². The van der Waals surface area contributed by atoms with E-state index in [0.717, 1.165) is 6.07 Å². The quantitative estimate of drug-likeness (QED) is 0.815. The van der Waals surface area contributed by atoms with Gasteiger partial charge in [0, 0.05) is 19.2 Å². The van der Waals surface area contributed by atoms with Gasteiger partial charge in [-0.05, 0) is 6.07 Å². The molecule has 0 bridgehead atoms. The molecule has 1 aliphatic heterocycles. The summed E-state index contributed by atoms with van der Waals surface area (Å²) in [5.41, 5.74) is -0.924. The Balaban J connectivity index is 2.11. The second-order valence-corrected chi connectivity index (χ2v) is 3.26. The normalized spacial score (nSPS) is 17.3. The van der Waals surface area contributed by atoms with E-state index in [-0.39, 0.29) is 12.0 Å². The minimum atomic E-state index is -4.42. The summed E-state index contributed by atoms with van der Waals surface area (Å²) < 4.78 is 42.0. The van der Waals surface area contributed by atoms with Crippen LogP contribution in [0.3, 0.4) is 0 Å². The topological polar surface area (TPSA) is 34.1 Å². The van der Waals surface area contributed by atoms with Crippen molar-refractivity contribution in [1.82, 2.24) is 10.3 Å². The summed E-state index contributed by atoms with van der Waals surface area (Å²) in [5.74, 6) is 0.0244. The van der Waals surface area contributed by atoms with E-state index >= 15 is 0 Å². The molecule has 0 unspecified atom stereocenters. The molecular weight excluding hydrogens is 209 g/mol. The van der Waals surface area contributed by atoms with Crippen molar-refractivity contribution in [1.29, 1.82) is 0 Å². The summed E-state index contributed by atoms with van der Waals surface area (Å²) in [7, 11) is 0. The van der Waals surface area contributed by atoms with E-state index in [9.17, 15) is 13.2 Å². The summed E-state index contributed by atoms with van der Waals surface area (Å²) in [6, 6.07) is 3.64. The Morgan fingerprint density at radius 1 is 1.33 bits per heavy atom. The van der Waals surface area contributed by atoms with E-state index < -0.39 is 11.9 Å². The van der Waals surface area contributed by atoms with E-state index in [2.05, 4.69) is 10.3 Å². The summed E-state index contributed by atoms with van der Waals surface area (Å²) in [6.07, 6.45) is -4.49. The number of nitrogens with one attached hydrogen (secondary N) is 1. The number of hydrogen-bond acceptors (Lipinski definition) is 3. The third kappa shape index (κ3) is 2.38. The minimum Gasteiger partial charge on any atom is -0.472 e. The summed E-state index contributed by atoms with van der Waals surface area (Å²) in [5, 5.41) is 2.95. The van der Waals surface area contributed by atoms with Gasteiger partial charge in [-0.3, -0.25) is 0 Å². The Hall–Kier alpha value is -1.30. The first-order chi connectivity index (χ1) is 7.05. The van der Waals surface area contributed by atoms with Gasteiger partial charge in [-0.25, -0.2) is 4.98 Å².